The molecule has 0 unspecified atom stereocenters. The number of carbonyl (C=O) groups excluding carboxylic acids is 2. The molecule has 0 aromatic heterocycles. The summed E-state index contributed by atoms with van der Waals surface area (Å²) < 4.78 is 5.32. The maximum atomic E-state index is 11.3. The molecule has 0 aliphatic heterocycles. The molecule has 1 aromatic carbocycles. The number of carbonyl (C=O) groups is 2. The average molecular weight is 284 g/mol. The molecule has 0 radical (unpaired) electrons. The summed E-state index contributed by atoms with van der Waals surface area (Å²) in [6, 6.07) is 5.46. The maximum absolute atomic E-state index is 11.3. The zero-order chi connectivity index (χ0) is 15.4. The van der Waals surface area contributed by atoms with E-state index in [1.165, 1.54) is 13.0 Å². The number of hydrogen-bond donors (Lipinski definition) is 1. The fraction of sp³-hybridized carbons (Fsp3) is 0.312. The summed E-state index contributed by atoms with van der Waals surface area (Å²) in [6.45, 7) is 1.33. The highest BCUT2D eigenvalue weighted by Crippen LogP contribution is 2.34. The standard InChI is InChI=1S/C16H16N2O3/c1-10(19)21-15-12(8-13(9-17)16(18)20)7-6-11-4-2-3-5-14(11)15/h6-8H,2-5H2,1H3,(H2,18,20)/b13-8-. The van der Waals surface area contributed by atoms with E-state index in [4.69, 9.17) is 15.7 Å². The number of esters is 1. The van der Waals surface area contributed by atoms with Gasteiger partial charge in [0.25, 0.3) is 5.91 Å². The summed E-state index contributed by atoms with van der Waals surface area (Å²) in [6.07, 6.45) is 5.25. The molecule has 0 heterocycles. The van der Waals surface area contributed by atoms with E-state index in [0.29, 0.717) is 11.3 Å². The van der Waals surface area contributed by atoms with Crippen LogP contribution in [0.15, 0.2) is 17.7 Å². The first-order chi connectivity index (χ1) is 10.0. The van der Waals surface area contributed by atoms with Crippen LogP contribution in [-0.2, 0) is 22.4 Å². The molecule has 1 aromatic rings. The summed E-state index contributed by atoms with van der Waals surface area (Å²) in [7, 11) is 0. The molecule has 1 aliphatic carbocycles. The van der Waals surface area contributed by atoms with Crippen molar-refractivity contribution in [1.29, 1.82) is 5.26 Å². The number of fused-ring (bicyclic) bond motifs is 1. The van der Waals surface area contributed by atoms with Crippen LogP contribution in [0.3, 0.4) is 0 Å². The van der Waals surface area contributed by atoms with E-state index in [0.717, 1.165) is 36.8 Å². The third-order valence-electron chi connectivity index (χ3n) is 3.44. The first-order valence-corrected chi connectivity index (χ1v) is 6.77. The predicted octanol–water partition coefficient (Wildman–Crippen LogP) is 1.88. The molecule has 0 atom stereocenters. The van der Waals surface area contributed by atoms with Crippen molar-refractivity contribution >= 4 is 18.0 Å². The highest BCUT2D eigenvalue weighted by Gasteiger charge is 2.19. The van der Waals surface area contributed by atoms with Crippen molar-refractivity contribution in [3.8, 4) is 11.8 Å². The topological polar surface area (TPSA) is 93.2 Å². The van der Waals surface area contributed by atoms with E-state index < -0.39 is 11.9 Å². The van der Waals surface area contributed by atoms with Gasteiger partial charge in [-0.2, -0.15) is 5.26 Å². The van der Waals surface area contributed by atoms with Gasteiger partial charge in [0.15, 0.2) is 0 Å². The second-order valence-corrected chi connectivity index (χ2v) is 4.96. The number of benzene rings is 1. The third kappa shape index (κ3) is 3.29. The minimum absolute atomic E-state index is 0.167. The van der Waals surface area contributed by atoms with Gasteiger partial charge in [0.05, 0.1) is 0 Å². The Kier molecular flexibility index (Phi) is 4.39. The second-order valence-electron chi connectivity index (χ2n) is 4.96. The Labute approximate surface area is 123 Å². The largest absolute Gasteiger partial charge is 0.426 e. The Hall–Kier alpha value is -2.61. The van der Waals surface area contributed by atoms with Gasteiger partial charge in [0.2, 0.25) is 0 Å². The first-order valence-electron chi connectivity index (χ1n) is 6.77. The lowest BCUT2D eigenvalue weighted by Gasteiger charge is -2.20. The van der Waals surface area contributed by atoms with Gasteiger partial charge >= 0.3 is 5.97 Å². The van der Waals surface area contributed by atoms with E-state index in [-0.39, 0.29) is 5.57 Å². The number of hydrogen-bond acceptors (Lipinski definition) is 4. The molecule has 2 rings (SSSR count). The highest BCUT2D eigenvalue weighted by atomic mass is 16.5. The quantitative estimate of drug-likeness (QED) is 0.397. The SMILES string of the molecule is CC(=O)Oc1c(/C=C(/C#N)C(N)=O)ccc2c1CCCC2. The van der Waals surface area contributed by atoms with Crippen molar-refractivity contribution in [1.82, 2.24) is 0 Å². The molecule has 5 nitrogen and oxygen atoms in total. The Morgan fingerprint density at radius 1 is 1.33 bits per heavy atom. The Morgan fingerprint density at radius 2 is 2.05 bits per heavy atom. The first kappa shape index (κ1) is 14.8. The number of rotatable bonds is 3. The third-order valence-corrected chi connectivity index (χ3v) is 3.44. The Bertz CT molecular complexity index is 669. The van der Waals surface area contributed by atoms with E-state index in [9.17, 15) is 9.59 Å². The molecule has 0 saturated carbocycles. The minimum Gasteiger partial charge on any atom is -0.426 e. The van der Waals surface area contributed by atoms with Crippen molar-refractivity contribution in [3.05, 3.63) is 34.4 Å². The van der Waals surface area contributed by atoms with Gasteiger partial charge in [-0.15, -0.1) is 0 Å². The second kappa shape index (κ2) is 6.23. The highest BCUT2D eigenvalue weighted by molar-refractivity contribution is 6.01. The zero-order valence-corrected chi connectivity index (χ0v) is 11.8. The smallest absolute Gasteiger partial charge is 0.308 e. The molecule has 1 amide bonds. The minimum atomic E-state index is -0.802. The Morgan fingerprint density at radius 3 is 2.67 bits per heavy atom. The lowest BCUT2D eigenvalue weighted by molar-refractivity contribution is -0.132. The lowest BCUT2D eigenvalue weighted by atomic mass is 9.89. The van der Waals surface area contributed by atoms with Crippen LogP contribution < -0.4 is 10.5 Å². The van der Waals surface area contributed by atoms with Crippen molar-refractivity contribution < 1.29 is 14.3 Å². The van der Waals surface area contributed by atoms with E-state index in [2.05, 4.69) is 0 Å². The molecule has 0 bridgehead atoms. The van der Waals surface area contributed by atoms with Crippen LogP contribution in [-0.4, -0.2) is 11.9 Å². The average Bonchev–Trinajstić information content (AvgIpc) is 2.45. The van der Waals surface area contributed by atoms with Gasteiger partial charge in [-0.25, -0.2) is 0 Å². The van der Waals surface area contributed by atoms with Gasteiger partial charge in [-0.3, -0.25) is 9.59 Å². The number of nitrogens with zero attached hydrogens (tertiary/aromatic N) is 1. The molecule has 21 heavy (non-hydrogen) atoms. The molecule has 2 N–H and O–H groups in total. The van der Waals surface area contributed by atoms with Crippen LogP contribution >= 0.6 is 0 Å². The van der Waals surface area contributed by atoms with Crippen molar-refractivity contribution in [2.75, 3.05) is 0 Å². The summed E-state index contributed by atoms with van der Waals surface area (Å²) in [5.74, 6) is -0.793. The van der Waals surface area contributed by atoms with Crippen molar-refractivity contribution in [2.24, 2.45) is 5.73 Å². The van der Waals surface area contributed by atoms with Crippen LogP contribution in [0.4, 0.5) is 0 Å². The van der Waals surface area contributed by atoms with Gasteiger partial charge in [-0.05, 0) is 42.9 Å². The molecule has 0 spiro atoms. The molecule has 5 heteroatoms. The fourth-order valence-corrected chi connectivity index (χ4v) is 2.50. The maximum Gasteiger partial charge on any atom is 0.308 e. The lowest BCUT2D eigenvalue weighted by Crippen LogP contribution is -2.13. The number of amides is 1. The van der Waals surface area contributed by atoms with Crippen LogP contribution in [0.2, 0.25) is 0 Å². The van der Waals surface area contributed by atoms with Gasteiger partial charge in [0, 0.05) is 12.5 Å². The van der Waals surface area contributed by atoms with Crippen LogP contribution in [0.5, 0.6) is 5.75 Å². The fourth-order valence-electron chi connectivity index (χ4n) is 2.50. The monoisotopic (exact) mass is 284 g/mol. The van der Waals surface area contributed by atoms with Crippen LogP contribution in [0.1, 0.15) is 36.5 Å². The summed E-state index contributed by atoms with van der Waals surface area (Å²) in [5.41, 5.74) is 7.63. The number of primary amides is 1. The molecule has 108 valence electrons. The normalized spacial score (nSPS) is 14.0. The Balaban J connectivity index is 2.58. The number of nitriles is 1. The number of nitrogens with two attached hydrogens (primary N) is 1. The summed E-state index contributed by atoms with van der Waals surface area (Å²) in [4.78, 5) is 22.5. The molecular weight excluding hydrogens is 268 g/mol. The van der Waals surface area contributed by atoms with E-state index >= 15 is 0 Å². The number of ether oxygens (including phenoxy) is 1. The zero-order valence-electron chi connectivity index (χ0n) is 11.8. The van der Waals surface area contributed by atoms with Crippen molar-refractivity contribution in [3.63, 3.8) is 0 Å². The summed E-state index contributed by atoms with van der Waals surface area (Å²) in [5, 5.41) is 8.94. The van der Waals surface area contributed by atoms with Gasteiger partial charge in [-0.1, -0.05) is 12.1 Å². The van der Waals surface area contributed by atoms with Crippen LogP contribution in [0, 0.1) is 11.3 Å². The summed E-state index contributed by atoms with van der Waals surface area (Å²) >= 11 is 0. The molecule has 0 fully saturated rings. The molecule has 1 aliphatic rings. The van der Waals surface area contributed by atoms with Gasteiger partial charge in [0.1, 0.15) is 17.4 Å². The van der Waals surface area contributed by atoms with E-state index in [1.54, 1.807) is 12.1 Å². The van der Waals surface area contributed by atoms with Gasteiger partial charge < -0.3 is 10.5 Å². The van der Waals surface area contributed by atoms with Crippen LogP contribution in [0.25, 0.3) is 6.08 Å². The molecular formula is C16H16N2O3. The molecule has 0 saturated heterocycles. The van der Waals surface area contributed by atoms with E-state index in [1.807, 2.05) is 6.07 Å². The number of aryl methyl sites for hydroxylation is 1. The predicted molar refractivity (Wildman–Crippen MR) is 77.2 cm³/mol. The van der Waals surface area contributed by atoms with Crippen molar-refractivity contribution in [2.45, 2.75) is 32.6 Å².